The molecule has 2 aromatic rings. The summed E-state index contributed by atoms with van der Waals surface area (Å²) in [6, 6.07) is 16.8. The van der Waals surface area contributed by atoms with E-state index in [1.54, 1.807) is 6.92 Å². The monoisotopic (exact) mass is 398 g/mol. The van der Waals surface area contributed by atoms with Crippen molar-refractivity contribution in [3.63, 3.8) is 0 Å². The van der Waals surface area contributed by atoms with Gasteiger partial charge in [-0.25, -0.2) is 9.59 Å². The maximum absolute atomic E-state index is 12.7. The number of rotatable bonds is 9. The molecule has 7 heteroatoms. The highest BCUT2D eigenvalue weighted by Gasteiger charge is 2.25. The fourth-order valence-electron chi connectivity index (χ4n) is 2.61. The van der Waals surface area contributed by atoms with Gasteiger partial charge in [0, 0.05) is 6.42 Å². The first kappa shape index (κ1) is 21.9. The van der Waals surface area contributed by atoms with Crippen LogP contribution in [-0.4, -0.2) is 36.7 Å². The van der Waals surface area contributed by atoms with Crippen LogP contribution in [0.5, 0.6) is 0 Å². The Hall–Kier alpha value is -3.35. The Bertz CT molecular complexity index is 795. The predicted octanol–water partition coefficient (Wildman–Crippen LogP) is 2.59. The molecule has 0 radical (unpaired) electrons. The van der Waals surface area contributed by atoms with Gasteiger partial charge in [-0.3, -0.25) is 4.79 Å². The van der Waals surface area contributed by atoms with E-state index in [1.807, 2.05) is 60.7 Å². The first-order valence-corrected chi connectivity index (χ1v) is 9.47. The molecule has 7 nitrogen and oxygen atoms in total. The zero-order chi connectivity index (χ0) is 21.1. The molecule has 0 saturated carbocycles. The van der Waals surface area contributed by atoms with Crippen molar-refractivity contribution in [1.29, 1.82) is 0 Å². The van der Waals surface area contributed by atoms with Crippen LogP contribution < -0.4 is 10.6 Å². The van der Waals surface area contributed by atoms with Crippen LogP contribution in [0.2, 0.25) is 0 Å². The summed E-state index contributed by atoms with van der Waals surface area (Å²) in [5.74, 6) is -1.03. The van der Waals surface area contributed by atoms with Crippen molar-refractivity contribution in [2.75, 3.05) is 6.61 Å². The Morgan fingerprint density at radius 3 is 2.03 bits per heavy atom. The third kappa shape index (κ3) is 7.65. The van der Waals surface area contributed by atoms with E-state index < -0.39 is 30.1 Å². The molecule has 29 heavy (non-hydrogen) atoms. The van der Waals surface area contributed by atoms with E-state index in [0.717, 1.165) is 11.1 Å². The number of carbonyl (C=O) groups is 3. The second-order valence-corrected chi connectivity index (χ2v) is 6.43. The number of benzene rings is 2. The van der Waals surface area contributed by atoms with Crippen LogP contribution in [-0.2, 0) is 32.1 Å². The molecular formula is C22H26N2O5. The topological polar surface area (TPSA) is 93.7 Å². The molecule has 0 heterocycles. The SMILES string of the molecule is CCOC(=O)[C@H](C)NC(=O)[C@H](Cc1ccccc1)NC(=O)OCc1ccccc1. The Morgan fingerprint density at radius 1 is 0.862 bits per heavy atom. The standard InChI is InChI=1S/C22H26N2O5/c1-3-28-21(26)16(2)23-20(25)19(14-17-10-6-4-7-11-17)24-22(27)29-15-18-12-8-5-9-13-18/h4-13,16,19H,3,14-15H2,1-2H3,(H,23,25)(H,24,27)/t16-,19-/m0/s1. The largest absolute Gasteiger partial charge is 0.464 e. The quantitative estimate of drug-likeness (QED) is 0.633. The number of hydrogen-bond acceptors (Lipinski definition) is 5. The molecule has 2 amide bonds. The summed E-state index contributed by atoms with van der Waals surface area (Å²) in [6.07, 6.45) is -0.462. The number of esters is 1. The zero-order valence-corrected chi connectivity index (χ0v) is 16.6. The van der Waals surface area contributed by atoms with Crippen LogP contribution in [0.4, 0.5) is 4.79 Å². The van der Waals surface area contributed by atoms with Gasteiger partial charge in [-0.2, -0.15) is 0 Å². The first-order valence-electron chi connectivity index (χ1n) is 9.47. The number of nitrogens with one attached hydrogen (secondary N) is 2. The van der Waals surface area contributed by atoms with Gasteiger partial charge in [0.05, 0.1) is 6.61 Å². The third-order valence-corrected chi connectivity index (χ3v) is 4.10. The van der Waals surface area contributed by atoms with E-state index in [1.165, 1.54) is 6.92 Å². The number of carbonyl (C=O) groups excluding carboxylic acids is 3. The zero-order valence-electron chi connectivity index (χ0n) is 16.6. The molecule has 0 fully saturated rings. The van der Waals surface area contributed by atoms with Crippen molar-refractivity contribution < 1.29 is 23.9 Å². The Morgan fingerprint density at radius 2 is 1.45 bits per heavy atom. The van der Waals surface area contributed by atoms with E-state index in [2.05, 4.69) is 10.6 Å². The summed E-state index contributed by atoms with van der Waals surface area (Å²) in [7, 11) is 0. The van der Waals surface area contributed by atoms with Gasteiger partial charge in [-0.1, -0.05) is 60.7 Å². The second kappa shape index (κ2) is 11.5. The normalized spacial score (nSPS) is 12.3. The van der Waals surface area contributed by atoms with Gasteiger partial charge in [0.15, 0.2) is 0 Å². The Labute approximate surface area is 170 Å². The lowest BCUT2D eigenvalue weighted by Gasteiger charge is -2.20. The summed E-state index contributed by atoms with van der Waals surface area (Å²) in [6.45, 7) is 3.53. The molecule has 0 unspecified atom stereocenters. The van der Waals surface area contributed by atoms with E-state index in [9.17, 15) is 14.4 Å². The van der Waals surface area contributed by atoms with Crippen molar-refractivity contribution in [1.82, 2.24) is 10.6 Å². The highest BCUT2D eigenvalue weighted by molar-refractivity contribution is 5.89. The maximum atomic E-state index is 12.7. The van der Waals surface area contributed by atoms with Gasteiger partial charge in [0.25, 0.3) is 0 Å². The van der Waals surface area contributed by atoms with Gasteiger partial charge in [-0.05, 0) is 25.0 Å². The minimum atomic E-state index is -0.905. The van der Waals surface area contributed by atoms with Crippen LogP contribution >= 0.6 is 0 Å². The molecule has 2 atom stereocenters. The molecule has 154 valence electrons. The molecule has 2 rings (SSSR count). The smallest absolute Gasteiger partial charge is 0.408 e. The van der Waals surface area contributed by atoms with Crippen LogP contribution in [0, 0.1) is 0 Å². The highest BCUT2D eigenvalue weighted by atomic mass is 16.5. The number of hydrogen-bond donors (Lipinski definition) is 2. The van der Waals surface area contributed by atoms with E-state index in [-0.39, 0.29) is 19.6 Å². The Kier molecular flexibility index (Phi) is 8.69. The first-order chi connectivity index (χ1) is 14.0. The van der Waals surface area contributed by atoms with Crippen LogP contribution in [0.3, 0.4) is 0 Å². The molecule has 0 aliphatic heterocycles. The lowest BCUT2D eigenvalue weighted by molar-refractivity contribution is -0.147. The summed E-state index contributed by atoms with van der Waals surface area (Å²) >= 11 is 0. The van der Waals surface area contributed by atoms with Crippen molar-refractivity contribution in [3.05, 3.63) is 71.8 Å². The summed E-state index contributed by atoms with van der Waals surface area (Å²) in [5.41, 5.74) is 1.70. The number of amides is 2. The molecule has 0 spiro atoms. The summed E-state index contributed by atoms with van der Waals surface area (Å²) in [4.78, 5) is 36.7. The van der Waals surface area contributed by atoms with Gasteiger partial charge in [0.2, 0.25) is 5.91 Å². The van der Waals surface area contributed by atoms with E-state index in [4.69, 9.17) is 9.47 Å². The molecule has 0 aliphatic rings. The third-order valence-electron chi connectivity index (χ3n) is 4.10. The molecule has 0 saturated heterocycles. The lowest BCUT2D eigenvalue weighted by Crippen LogP contribution is -2.52. The highest BCUT2D eigenvalue weighted by Crippen LogP contribution is 2.06. The van der Waals surface area contributed by atoms with Crippen molar-refractivity contribution in [2.24, 2.45) is 0 Å². The molecule has 2 aromatic carbocycles. The average Bonchev–Trinajstić information content (AvgIpc) is 2.73. The minimum absolute atomic E-state index is 0.0889. The summed E-state index contributed by atoms with van der Waals surface area (Å²) < 4.78 is 10.1. The second-order valence-electron chi connectivity index (χ2n) is 6.43. The van der Waals surface area contributed by atoms with Gasteiger partial charge in [-0.15, -0.1) is 0 Å². The Balaban J connectivity index is 2.00. The van der Waals surface area contributed by atoms with Crippen molar-refractivity contribution in [3.8, 4) is 0 Å². The molecule has 2 N–H and O–H groups in total. The minimum Gasteiger partial charge on any atom is -0.464 e. The van der Waals surface area contributed by atoms with Gasteiger partial charge < -0.3 is 20.1 Å². The van der Waals surface area contributed by atoms with E-state index in [0.29, 0.717) is 0 Å². The molecule has 0 aromatic heterocycles. The fourth-order valence-corrected chi connectivity index (χ4v) is 2.61. The number of alkyl carbamates (subject to hydrolysis) is 1. The molecule has 0 aliphatic carbocycles. The fraction of sp³-hybridized carbons (Fsp3) is 0.318. The number of ether oxygens (including phenoxy) is 2. The predicted molar refractivity (Wildman–Crippen MR) is 108 cm³/mol. The maximum Gasteiger partial charge on any atom is 0.408 e. The van der Waals surface area contributed by atoms with Gasteiger partial charge in [0.1, 0.15) is 18.7 Å². The van der Waals surface area contributed by atoms with Gasteiger partial charge >= 0.3 is 12.1 Å². The summed E-state index contributed by atoms with van der Waals surface area (Å²) in [5, 5.41) is 5.17. The average molecular weight is 398 g/mol. The van der Waals surface area contributed by atoms with Crippen LogP contribution in [0.15, 0.2) is 60.7 Å². The van der Waals surface area contributed by atoms with Crippen LogP contribution in [0.25, 0.3) is 0 Å². The molecule has 0 bridgehead atoms. The van der Waals surface area contributed by atoms with Crippen LogP contribution in [0.1, 0.15) is 25.0 Å². The van der Waals surface area contributed by atoms with Crippen molar-refractivity contribution >= 4 is 18.0 Å². The van der Waals surface area contributed by atoms with E-state index >= 15 is 0 Å². The lowest BCUT2D eigenvalue weighted by atomic mass is 10.1. The molecular weight excluding hydrogens is 372 g/mol. The van der Waals surface area contributed by atoms with Crippen molar-refractivity contribution in [2.45, 2.75) is 39.0 Å².